The Morgan fingerprint density at radius 2 is 2.46 bits per heavy atom. The molecule has 0 atom stereocenters. The molecule has 1 rings (SSSR count). The van der Waals surface area contributed by atoms with Crippen LogP contribution in [-0.4, -0.2) is 11.1 Å². The van der Waals surface area contributed by atoms with Gasteiger partial charge in [0.1, 0.15) is 0 Å². The van der Waals surface area contributed by atoms with E-state index in [1.807, 2.05) is 24.4 Å². The quantitative estimate of drug-likeness (QED) is 0.751. The molecule has 0 aliphatic carbocycles. The minimum atomic E-state index is -0.810. The predicted octanol–water partition coefficient (Wildman–Crippen LogP) is 3.02. The van der Waals surface area contributed by atoms with Crippen LogP contribution in [0.4, 0.5) is 0 Å². The molecule has 0 fully saturated rings. The van der Waals surface area contributed by atoms with Gasteiger partial charge in [-0.2, -0.15) is 0 Å². The van der Waals surface area contributed by atoms with Crippen LogP contribution >= 0.6 is 11.3 Å². The summed E-state index contributed by atoms with van der Waals surface area (Å²) in [5.74, 6) is -0.810. The summed E-state index contributed by atoms with van der Waals surface area (Å²) in [4.78, 5) is 11.8. The molecule has 0 saturated carbocycles. The van der Waals surface area contributed by atoms with Crippen molar-refractivity contribution >= 4 is 23.4 Å². The van der Waals surface area contributed by atoms with Crippen LogP contribution < -0.4 is 0 Å². The number of carboxylic acids is 1. The molecule has 1 N–H and O–H groups in total. The number of carboxylic acid groups (broad SMARTS) is 1. The summed E-state index contributed by atoms with van der Waals surface area (Å²) in [7, 11) is 0. The van der Waals surface area contributed by atoms with Crippen molar-refractivity contribution in [2.45, 2.75) is 19.8 Å². The summed E-state index contributed by atoms with van der Waals surface area (Å²) in [6.45, 7) is 1.98. The Hall–Kier alpha value is -1.09. The van der Waals surface area contributed by atoms with Gasteiger partial charge in [0, 0.05) is 10.5 Å². The van der Waals surface area contributed by atoms with E-state index in [0.29, 0.717) is 12.0 Å². The van der Waals surface area contributed by atoms with Gasteiger partial charge in [-0.05, 0) is 23.9 Å². The molecular weight excluding hydrogens is 184 g/mol. The topological polar surface area (TPSA) is 37.3 Å². The first-order valence-corrected chi connectivity index (χ1v) is 5.09. The van der Waals surface area contributed by atoms with Crippen LogP contribution in [0.15, 0.2) is 23.1 Å². The molecule has 0 bridgehead atoms. The summed E-state index contributed by atoms with van der Waals surface area (Å²) in [5.41, 5.74) is 0.491. The molecule has 3 heteroatoms. The molecule has 1 heterocycles. The summed E-state index contributed by atoms with van der Waals surface area (Å²) in [6, 6.07) is 3.84. The van der Waals surface area contributed by atoms with E-state index >= 15 is 0 Å². The third kappa shape index (κ3) is 3.03. The number of hydrogen-bond donors (Lipinski definition) is 1. The van der Waals surface area contributed by atoms with E-state index in [9.17, 15) is 4.79 Å². The molecule has 0 aliphatic heterocycles. The highest BCUT2D eigenvalue weighted by atomic mass is 32.1. The van der Waals surface area contributed by atoms with E-state index in [1.54, 1.807) is 17.4 Å². The molecule has 0 saturated heterocycles. The van der Waals surface area contributed by atoms with Crippen LogP contribution in [-0.2, 0) is 4.79 Å². The summed E-state index contributed by atoms with van der Waals surface area (Å²) in [6.07, 6.45) is 3.24. The summed E-state index contributed by atoms with van der Waals surface area (Å²) >= 11 is 1.55. The van der Waals surface area contributed by atoms with Crippen molar-refractivity contribution in [1.82, 2.24) is 0 Å². The second-order valence-electron chi connectivity index (χ2n) is 2.74. The first kappa shape index (κ1) is 9.99. The van der Waals surface area contributed by atoms with Crippen molar-refractivity contribution in [3.8, 4) is 0 Å². The van der Waals surface area contributed by atoms with Gasteiger partial charge in [-0.1, -0.05) is 19.4 Å². The number of thiophene rings is 1. The molecule has 0 aliphatic rings. The molecule has 13 heavy (non-hydrogen) atoms. The molecule has 0 spiro atoms. The Balaban J connectivity index is 2.80. The van der Waals surface area contributed by atoms with Gasteiger partial charge in [-0.25, -0.2) is 4.79 Å². The van der Waals surface area contributed by atoms with Gasteiger partial charge in [0.25, 0.3) is 0 Å². The molecule has 2 nitrogen and oxygen atoms in total. The lowest BCUT2D eigenvalue weighted by Gasteiger charge is -1.97. The van der Waals surface area contributed by atoms with Gasteiger partial charge in [0.2, 0.25) is 0 Å². The van der Waals surface area contributed by atoms with E-state index in [1.165, 1.54) is 0 Å². The van der Waals surface area contributed by atoms with Crippen LogP contribution in [0.25, 0.3) is 6.08 Å². The number of aliphatic carboxylic acids is 1. The van der Waals surface area contributed by atoms with Crippen molar-refractivity contribution in [3.63, 3.8) is 0 Å². The molecule has 70 valence electrons. The van der Waals surface area contributed by atoms with Gasteiger partial charge < -0.3 is 5.11 Å². The Labute approximate surface area is 81.5 Å². The van der Waals surface area contributed by atoms with Gasteiger partial charge >= 0.3 is 5.97 Å². The lowest BCUT2D eigenvalue weighted by Crippen LogP contribution is -1.99. The minimum absolute atomic E-state index is 0.491. The van der Waals surface area contributed by atoms with Crippen molar-refractivity contribution in [2.75, 3.05) is 0 Å². The van der Waals surface area contributed by atoms with Crippen molar-refractivity contribution in [2.24, 2.45) is 0 Å². The highest BCUT2D eigenvalue weighted by Crippen LogP contribution is 2.16. The SMILES string of the molecule is CCCC(=Cc1cccs1)C(=O)O. The lowest BCUT2D eigenvalue weighted by molar-refractivity contribution is -0.132. The maximum Gasteiger partial charge on any atom is 0.331 e. The van der Waals surface area contributed by atoms with Gasteiger partial charge in [0.05, 0.1) is 0 Å². The van der Waals surface area contributed by atoms with Crippen molar-refractivity contribution in [1.29, 1.82) is 0 Å². The van der Waals surface area contributed by atoms with Crippen molar-refractivity contribution in [3.05, 3.63) is 28.0 Å². The zero-order chi connectivity index (χ0) is 9.68. The standard InChI is InChI=1S/C10H12O2S/c1-2-4-8(10(11)12)7-9-5-3-6-13-9/h3,5-7H,2,4H2,1H3,(H,11,12). The lowest BCUT2D eigenvalue weighted by atomic mass is 10.1. The second-order valence-corrected chi connectivity index (χ2v) is 3.72. The average Bonchev–Trinajstić information content (AvgIpc) is 2.56. The molecule has 0 amide bonds. The van der Waals surface area contributed by atoms with E-state index in [0.717, 1.165) is 11.3 Å². The van der Waals surface area contributed by atoms with Crippen LogP contribution in [0.3, 0.4) is 0 Å². The third-order valence-electron chi connectivity index (χ3n) is 1.65. The summed E-state index contributed by atoms with van der Waals surface area (Å²) in [5, 5.41) is 10.8. The number of rotatable bonds is 4. The maximum absolute atomic E-state index is 10.8. The monoisotopic (exact) mass is 196 g/mol. The first-order valence-electron chi connectivity index (χ1n) is 4.21. The average molecular weight is 196 g/mol. The minimum Gasteiger partial charge on any atom is -0.478 e. The first-order chi connectivity index (χ1) is 6.24. The smallest absolute Gasteiger partial charge is 0.331 e. The van der Waals surface area contributed by atoms with E-state index < -0.39 is 5.97 Å². The largest absolute Gasteiger partial charge is 0.478 e. The van der Waals surface area contributed by atoms with Gasteiger partial charge in [-0.3, -0.25) is 0 Å². The van der Waals surface area contributed by atoms with Crippen LogP contribution in [0, 0.1) is 0 Å². The van der Waals surface area contributed by atoms with Gasteiger partial charge in [0.15, 0.2) is 0 Å². The second kappa shape index (κ2) is 4.82. The highest BCUT2D eigenvalue weighted by Gasteiger charge is 2.05. The highest BCUT2D eigenvalue weighted by molar-refractivity contribution is 7.10. The number of hydrogen-bond acceptors (Lipinski definition) is 2. The Bertz CT molecular complexity index is 299. The maximum atomic E-state index is 10.8. The molecular formula is C10H12O2S. The van der Waals surface area contributed by atoms with Crippen molar-refractivity contribution < 1.29 is 9.90 Å². The third-order valence-corrected chi connectivity index (χ3v) is 2.47. The van der Waals surface area contributed by atoms with Crippen LogP contribution in [0.5, 0.6) is 0 Å². The summed E-state index contributed by atoms with van der Waals surface area (Å²) < 4.78 is 0. The molecule has 0 radical (unpaired) electrons. The fourth-order valence-corrected chi connectivity index (χ4v) is 1.74. The van der Waals surface area contributed by atoms with Gasteiger partial charge in [-0.15, -0.1) is 11.3 Å². The zero-order valence-electron chi connectivity index (χ0n) is 7.49. The molecule has 0 unspecified atom stereocenters. The fraction of sp³-hybridized carbons (Fsp3) is 0.300. The molecule has 1 aromatic heterocycles. The Morgan fingerprint density at radius 1 is 1.69 bits per heavy atom. The predicted molar refractivity (Wildman–Crippen MR) is 54.8 cm³/mol. The Morgan fingerprint density at radius 3 is 2.92 bits per heavy atom. The van der Waals surface area contributed by atoms with E-state index in [-0.39, 0.29) is 0 Å². The molecule has 1 aromatic rings. The number of carbonyl (C=O) groups is 1. The fourth-order valence-electron chi connectivity index (χ4n) is 1.06. The van der Waals surface area contributed by atoms with E-state index in [4.69, 9.17) is 5.11 Å². The Kier molecular flexibility index (Phi) is 3.71. The van der Waals surface area contributed by atoms with Crippen LogP contribution in [0.2, 0.25) is 0 Å². The normalized spacial score (nSPS) is 11.6. The molecule has 0 aromatic carbocycles. The zero-order valence-corrected chi connectivity index (χ0v) is 8.30. The van der Waals surface area contributed by atoms with E-state index in [2.05, 4.69) is 0 Å². The van der Waals surface area contributed by atoms with Crippen LogP contribution in [0.1, 0.15) is 24.6 Å².